The Kier molecular flexibility index (Phi) is 5.68. The zero-order valence-corrected chi connectivity index (χ0v) is 18.4. The third kappa shape index (κ3) is 3.95. The van der Waals surface area contributed by atoms with E-state index in [1.54, 1.807) is 41.3 Å². The molecule has 0 saturated carbocycles. The predicted molar refractivity (Wildman–Crippen MR) is 120 cm³/mol. The van der Waals surface area contributed by atoms with E-state index < -0.39 is 15.8 Å². The first-order chi connectivity index (χ1) is 15.3. The quantitative estimate of drug-likeness (QED) is 0.466. The summed E-state index contributed by atoms with van der Waals surface area (Å²) in [5.74, 6) is -0.801. The Morgan fingerprint density at radius 3 is 2.44 bits per heavy atom. The molecule has 4 aromatic rings. The fourth-order valence-electron chi connectivity index (χ4n) is 3.44. The van der Waals surface area contributed by atoms with E-state index in [2.05, 4.69) is 10.1 Å². The highest BCUT2D eigenvalue weighted by molar-refractivity contribution is 7.89. The number of pyridine rings is 1. The maximum Gasteiger partial charge on any atom is 0.246 e. The number of phenolic OH excluding ortho intramolecular Hbond substituents is 2. The van der Waals surface area contributed by atoms with Gasteiger partial charge in [-0.1, -0.05) is 24.3 Å². The van der Waals surface area contributed by atoms with Crippen LogP contribution in [0.5, 0.6) is 11.5 Å². The molecule has 0 amide bonds. The van der Waals surface area contributed by atoms with Gasteiger partial charge in [0.15, 0.2) is 0 Å². The molecule has 0 aliphatic heterocycles. The Labute approximate surface area is 186 Å². The molecule has 0 aliphatic carbocycles. The number of aromatic nitrogens is 3. The van der Waals surface area contributed by atoms with Crippen LogP contribution in [0, 0.1) is 6.92 Å². The molecule has 32 heavy (non-hydrogen) atoms. The summed E-state index contributed by atoms with van der Waals surface area (Å²) >= 11 is 0. The van der Waals surface area contributed by atoms with Crippen molar-refractivity contribution in [3.05, 3.63) is 84.3 Å². The molecule has 2 aromatic heterocycles. The van der Waals surface area contributed by atoms with Gasteiger partial charge in [-0.25, -0.2) is 13.1 Å². The van der Waals surface area contributed by atoms with Crippen LogP contribution in [-0.2, 0) is 16.6 Å². The van der Waals surface area contributed by atoms with Crippen LogP contribution in [0.25, 0.3) is 16.9 Å². The van der Waals surface area contributed by atoms with Gasteiger partial charge in [0, 0.05) is 24.9 Å². The van der Waals surface area contributed by atoms with Gasteiger partial charge in [-0.2, -0.15) is 9.40 Å². The number of rotatable bonds is 6. The number of para-hydroxylation sites is 1. The molecule has 0 spiro atoms. The van der Waals surface area contributed by atoms with E-state index >= 15 is 0 Å². The highest BCUT2D eigenvalue weighted by Crippen LogP contribution is 2.38. The standard InChI is InChI=1S/C23H22N4O4S/c1-16-7-3-4-9-19(16)27-20(10-12-25-27)18-13-23(22(29)14-21(18)28)32(30,31)26(2)15-17-8-5-6-11-24-17/h3-14,28-29H,15H2,1-2H3. The summed E-state index contributed by atoms with van der Waals surface area (Å²) in [4.78, 5) is 3.84. The number of aromatic hydroxyl groups is 2. The molecule has 0 fully saturated rings. The molecule has 8 nitrogen and oxygen atoms in total. The van der Waals surface area contributed by atoms with Crippen molar-refractivity contribution in [2.45, 2.75) is 18.4 Å². The van der Waals surface area contributed by atoms with Crippen LogP contribution in [0.3, 0.4) is 0 Å². The number of hydrogen-bond donors (Lipinski definition) is 2. The second kappa shape index (κ2) is 8.45. The average molecular weight is 451 g/mol. The lowest BCUT2D eigenvalue weighted by molar-refractivity contribution is 0.429. The average Bonchev–Trinajstić information content (AvgIpc) is 3.24. The number of sulfonamides is 1. The minimum Gasteiger partial charge on any atom is -0.507 e. The molecular formula is C23H22N4O4S. The SMILES string of the molecule is Cc1ccccc1-n1nccc1-c1cc(S(=O)(=O)N(C)Cc2ccccn2)c(O)cc1O. The summed E-state index contributed by atoms with van der Waals surface area (Å²) < 4.78 is 29.2. The lowest BCUT2D eigenvalue weighted by Gasteiger charge is -2.19. The van der Waals surface area contributed by atoms with Gasteiger partial charge in [0.05, 0.1) is 29.8 Å². The molecule has 2 N–H and O–H groups in total. The molecule has 4 rings (SSSR count). The summed E-state index contributed by atoms with van der Waals surface area (Å²) in [6.07, 6.45) is 3.15. The largest absolute Gasteiger partial charge is 0.507 e. The Morgan fingerprint density at radius 1 is 0.969 bits per heavy atom. The molecule has 0 aliphatic rings. The van der Waals surface area contributed by atoms with Gasteiger partial charge in [-0.05, 0) is 42.8 Å². The van der Waals surface area contributed by atoms with E-state index in [9.17, 15) is 18.6 Å². The molecule has 0 bridgehead atoms. The topological polar surface area (TPSA) is 109 Å². The summed E-state index contributed by atoms with van der Waals surface area (Å²) in [7, 11) is -2.67. The smallest absolute Gasteiger partial charge is 0.246 e. The Bertz CT molecular complexity index is 1370. The lowest BCUT2D eigenvalue weighted by Crippen LogP contribution is -2.27. The van der Waals surface area contributed by atoms with Crippen molar-refractivity contribution in [3.8, 4) is 28.4 Å². The van der Waals surface area contributed by atoms with Crippen molar-refractivity contribution in [1.29, 1.82) is 0 Å². The van der Waals surface area contributed by atoms with Crippen molar-refractivity contribution in [1.82, 2.24) is 19.1 Å². The number of benzene rings is 2. The molecular weight excluding hydrogens is 428 g/mol. The number of phenols is 2. The first kappa shape index (κ1) is 21.5. The molecule has 2 heterocycles. The van der Waals surface area contributed by atoms with Crippen LogP contribution < -0.4 is 0 Å². The molecule has 0 atom stereocenters. The minimum atomic E-state index is -4.08. The Balaban J connectivity index is 1.79. The van der Waals surface area contributed by atoms with E-state index in [1.807, 2.05) is 31.2 Å². The highest BCUT2D eigenvalue weighted by Gasteiger charge is 2.27. The molecule has 9 heteroatoms. The van der Waals surface area contributed by atoms with Gasteiger partial charge >= 0.3 is 0 Å². The molecule has 0 unspecified atom stereocenters. The van der Waals surface area contributed by atoms with Crippen molar-refractivity contribution < 1.29 is 18.6 Å². The Morgan fingerprint density at radius 2 is 1.72 bits per heavy atom. The van der Waals surface area contributed by atoms with Gasteiger partial charge in [0.25, 0.3) is 0 Å². The fraction of sp³-hybridized carbons (Fsp3) is 0.130. The molecule has 164 valence electrons. The van der Waals surface area contributed by atoms with Gasteiger partial charge < -0.3 is 10.2 Å². The molecule has 0 saturated heterocycles. The van der Waals surface area contributed by atoms with Crippen molar-refractivity contribution in [2.75, 3.05) is 7.05 Å². The van der Waals surface area contributed by atoms with Gasteiger partial charge in [-0.15, -0.1) is 0 Å². The van der Waals surface area contributed by atoms with Crippen LogP contribution in [0.1, 0.15) is 11.3 Å². The predicted octanol–water partition coefficient (Wildman–Crippen LogP) is 3.47. The van der Waals surface area contributed by atoms with Crippen LogP contribution in [-0.4, -0.2) is 44.7 Å². The van der Waals surface area contributed by atoms with E-state index in [1.165, 1.54) is 13.1 Å². The van der Waals surface area contributed by atoms with Crippen LogP contribution >= 0.6 is 0 Å². The number of aryl methyl sites for hydroxylation is 1. The van der Waals surface area contributed by atoms with E-state index in [0.29, 0.717) is 11.4 Å². The zero-order valence-electron chi connectivity index (χ0n) is 17.5. The van der Waals surface area contributed by atoms with Crippen molar-refractivity contribution in [2.24, 2.45) is 0 Å². The van der Waals surface area contributed by atoms with Gasteiger partial charge in [0.2, 0.25) is 10.0 Å². The number of hydrogen-bond acceptors (Lipinski definition) is 6. The number of nitrogens with zero attached hydrogens (tertiary/aromatic N) is 4. The third-order valence-corrected chi connectivity index (χ3v) is 6.97. The second-order valence-electron chi connectivity index (χ2n) is 7.33. The normalized spacial score (nSPS) is 11.7. The first-order valence-corrected chi connectivity index (χ1v) is 11.3. The lowest BCUT2D eigenvalue weighted by atomic mass is 10.1. The highest BCUT2D eigenvalue weighted by atomic mass is 32.2. The van der Waals surface area contributed by atoms with Crippen LogP contribution in [0.15, 0.2) is 78.0 Å². The van der Waals surface area contributed by atoms with Crippen molar-refractivity contribution >= 4 is 10.0 Å². The van der Waals surface area contributed by atoms with E-state index in [4.69, 9.17) is 0 Å². The Hall–Kier alpha value is -3.69. The van der Waals surface area contributed by atoms with Gasteiger partial charge in [-0.3, -0.25) is 4.98 Å². The van der Waals surface area contributed by atoms with E-state index in [-0.39, 0.29) is 22.8 Å². The van der Waals surface area contributed by atoms with Crippen LogP contribution in [0.2, 0.25) is 0 Å². The van der Waals surface area contributed by atoms with Gasteiger partial charge in [0.1, 0.15) is 16.4 Å². The van der Waals surface area contributed by atoms with Crippen molar-refractivity contribution in [3.63, 3.8) is 0 Å². The van der Waals surface area contributed by atoms with E-state index in [0.717, 1.165) is 21.6 Å². The summed E-state index contributed by atoms with van der Waals surface area (Å²) in [5, 5.41) is 25.3. The second-order valence-corrected chi connectivity index (χ2v) is 9.35. The maximum absolute atomic E-state index is 13.2. The monoisotopic (exact) mass is 450 g/mol. The fourth-order valence-corrected chi connectivity index (χ4v) is 4.67. The maximum atomic E-state index is 13.2. The third-order valence-electron chi connectivity index (χ3n) is 5.14. The summed E-state index contributed by atoms with van der Waals surface area (Å²) in [6.45, 7) is 1.96. The summed E-state index contributed by atoms with van der Waals surface area (Å²) in [5.41, 5.74) is 3.03. The minimum absolute atomic E-state index is 0.0277. The first-order valence-electron chi connectivity index (χ1n) is 9.81. The summed E-state index contributed by atoms with van der Waals surface area (Å²) in [6, 6.07) is 16.8. The molecule has 2 aromatic carbocycles. The van der Waals surface area contributed by atoms with Crippen LogP contribution in [0.4, 0.5) is 0 Å². The molecule has 0 radical (unpaired) electrons. The zero-order chi connectivity index (χ0) is 22.9.